The minimum Gasteiger partial charge on any atom is -0.465 e. The van der Waals surface area contributed by atoms with Gasteiger partial charge in [0.15, 0.2) is 6.29 Å². The van der Waals surface area contributed by atoms with Crippen molar-refractivity contribution in [2.75, 3.05) is 0 Å². The number of rotatable bonds is 5. The molecule has 100 valence electrons. The molecule has 4 nitrogen and oxygen atoms in total. The number of amides is 1. The average Bonchev–Trinajstić information content (AvgIpc) is 2.25. The van der Waals surface area contributed by atoms with Crippen molar-refractivity contribution < 1.29 is 14.6 Å². The zero-order valence-electron chi connectivity index (χ0n) is 11.1. The van der Waals surface area contributed by atoms with Gasteiger partial charge in [0, 0.05) is 12.3 Å². The lowest BCUT2D eigenvalue weighted by Crippen LogP contribution is -2.37. The second-order valence-electron chi connectivity index (χ2n) is 5.44. The number of primary amides is 1. The van der Waals surface area contributed by atoms with Crippen molar-refractivity contribution >= 4 is 5.91 Å². The molecule has 0 bridgehead atoms. The van der Waals surface area contributed by atoms with Gasteiger partial charge < -0.3 is 15.6 Å². The topological polar surface area (TPSA) is 72.6 Å². The van der Waals surface area contributed by atoms with E-state index < -0.39 is 18.1 Å². The molecule has 4 heteroatoms. The van der Waals surface area contributed by atoms with E-state index in [1.54, 1.807) is 12.1 Å². The third-order valence-electron chi connectivity index (χ3n) is 2.84. The minimum absolute atomic E-state index is 0.188. The number of aliphatic hydroxyl groups is 1. The number of ether oxygens (including phenoxy) is 1. The normalized spacial score (nSPS) is 14.9. The van der Waals surface area contributed by atoms with E-state index in [4.69, 9.17) is 10.5 Å². The first kappa shape index (κ1) is 14.5. The van der Waals surface area contributed by atoms with E-state index in [-0.39, 0.29) is 11.8 Å². The summed E-state index contributed by atoms with van der Waals surface area (Å²) in [5, 5.41) is 9.86. The van der Waals surface area contributed by atoms with E-state index >= 15 is 0 Å². The van der Waals surface area contributed by atoms with Crippen LogP contribution in [0.5, 0.6) is 5.75 Å². The Labute approximate surface area is 108 Å². The molecule has 0 aliphatic carbocycles. The molecular weight excluding hydrogens is 230 g/mol. The van der Waals surface area contributed by atoms with Crippen LogP contribution < -0.4 is 10.5 Å². The van der Waals surface area contributed by atoms with Crippen LogP contribution in [0.4, 0.5) is 0 Å². The lowest BCUT2D eigenvalue weighted by atomic mass is 9.78. The Morgan fingerprint density at radius 2 is 1.89 bits per heavy atom. The number of hydrogen-bond acceptors (Lipinski definition) is 3. The number of carbonyl (C=O) groups is 1. The van der Waals surface area contributed by atoms with E-state index in [0.29, 0.717) is 5.75 Å². The maximum Gasteiger partial charge on any atom is 0.221 e. The molecule has 0 spiro atoms. The van der Waals surface area contributed by atoms with Crippen molar-refractivity contribution in [2.45, 2.75) is 33.5 Å². The summed E-state index contributed by atoms with van der Waals surface area (Å²) in [4.78, 5) is 11.4. The quantitative estimate of drug-likeness (QED) is 0.785. The lowest BCUT2D eigenvalue weighted by Gasteiger charge is -2.29. The van der Waals surface area contributed by atoms with Gasteiger partial charge in [-0.2, -0.15) is 0 Å². The summed E-state index contributed by atoms with van der Waals surface area (Å²) in [7, 11) is 0. The predicted molar refractivity (Wildman–Crippen MR) is 69.8 cm³/mol. The van der Waals surface area contributed by atoms with Gasteiger partial charge in [-0.15, -0.1) is 0 Å². The Morgan fingerprint density at radius 3 is 2.33 bits per heavy atom. The summed E-state index contributed by atoms with van der Waals surface area (Å²) in [6.07, 6.45) is -0.850. The van der Waals surface area contributed by atoms with Gasteiger partial charge >= 0.3 is 0 Å². The first-order valence-corrected chi connectivity index (χ1v) is 6.00. The summed E-state index contributed by atoms with van der Waals surface area (Å²) in [6.45, 7) is 5.74. The first-order chi connectivity index (χ1) is 8.30. The van der Waals surface area contributed by atoms with Crippen LogP contribution in [0.1, 0.15) is 27.2 Å². The Hall–Kier alpha value is -1.55. The fourth-order valence-electron chi connectivity index (χ4n) is 1.80. The molecule has 2 unspecified atom stereocenters. The highest BCUT2D eigenvalue weighted by Gasteiger charge is 2.32. The van der Waals surface area contributed by atoms with Crippen LogP contribution in [-0.2, 0) is 4.79 Å². The summed E-state index contributed by atoms with van der Waals surface area (Å²) in [6, 6.07) is 8.99. The number of aliphatic hydroxyl groups excluding tert-OH is 1. The SMILES string of the molecule is CC(C)(C)C(CC(O)Oc1ccccc1)C(N)=O. The molecule has 0 aromatic heterocycles. The van der Waals surface area contributed by atoms with Gasteiger partial charge in [-0.3, -0.25) is 4.79 Å². The van der Waals surface area contributed by atoms with Crippen LogP contribution in [0, 0.1) is 11.3 Å². The molecule has 0 fully saturated rings. The van der Waals surface area contributed by atoms with Crippen LogP contribution in [-0.4, -0.2) is 17.3 Å². The van der Waals surface area contributed by atoms with Crippen molar-refractivity contribution in [1.82, 2.24) is 0 Å². The molecule has 0 saturated heterocycles. The van der Waals surface area contributed by atoms with Crippen LogP contribution in [0.2, 0.25) is 0 Å². The third-order valence-corrected chi connectivity index (χ3v) is 2.84. The molecule has 0 aliphatic heterocycles. The van der Waals surface area contributed by atoms with Crippen molar-refractivity contribution in [3.05, 3.63) is 30.3 Å². The fourth-order valence-corrected chi connectivity index (χ4v) is 1.80. The number of benzene rings is 1. The maximum absolute atomic E-state index is 11.4. The maximum atomic E-state index is 11.4. The van der Waals surface area contributed by atoms with E-state index in [9.17, 15) is 9.90 Å². The second-order valence-corrected chi connectivity index (χ2v) is 5.44. The second kappa shape index (κ2) is 5.87. The van der Waals surface area contributed by atoms with Gasteiger partial charge in [-0.05, 0) is 17.5 Å². The van der Waals surface area contributed by atoms with Crippen LogP contribution in [0.3, 0.4) is 0 Å². The molecule has 18 heavy (non-hydrogen) atoms. The highest BCUT2D eigenvalue weighted by Crippen LogP contribution is 2.30. The number of para-hydroxylation sites is 1. The van der Waals surface area contributed by atoms with Gasteiger partial charge in [0.05, 0.1) is 0 Å². The highest BCUT2D eigenvalue weighted by atomic mass is 16.6. The average molecular weight is 251 g/mol. The number of carbonyl (C=O) groups excluding carboxylic acids is 1. The van der Waals surface area contributed by atoms with Gasteiger partial charge in [0.2, 0.25) is 5.91 Å². The van der Waals surface area contributed by atoms with Gasteiger partial charge in [-0.1, -0.05) is 39.0 Å². The van der Waals surface area contributed by atoms with Crippen LogP contribution in [0.25, 0.3) is 0 Å². The minimum atomic E-state index is -1.04. The van der Waals surface area contributed by atoms with Gasteiger partial charge in [-0.25, -0.2) is 0 Å². The zero-order valence-corrected chi connectivity index (χ0v) is 11.1. The van der Waals surface area contributed by atoms with Crippen LogP contribution >= 0.6 is 0 Å². The van der Waals surface area contributed by atoms with Crippen molar-refractivity contribution in [2.24, 2.45) is 17.1 Å². The molecule has 0 saturated carbocycles. The highest BCUT2D eigenvalue weighted by molar-refractivity contribution is 5.77. The number of nitrogens with two attached hydrogens (primary N) is 1. The molecule has 1 aromatic rings. The molecule has 0 aliphatic rings. The standard InChI is InChI=1S/C14H21NO3/c1-14(2,3)11(13(15)17)9-12(16)18-10-7-5-4-6-8-10/h4-8,11-12,16H,9H2,1-3H3,(H2,15,17). The van der Waals surface area contributed by atoms with Gasteiger partial charge in [0.1, 0.15) is 5.75 Å². The summed E-state index contributed by atoms with van der Waals surface area (Å²) in [5.41, 5.74) is 5.06. The van der Waals surface area contributed by atoms with Gasteiger partial charge in [0.25, 0.3) is 0 Å². The molecule has 1 amide bonds. The summed E-state index contributed by atoms with van der Waals surface area (Å²) < 4.78 is 5.34. The Morgan fingerprint density at radius 1 is 1.33 bits per heavy atom. The van der Waals surface area contributed by atoms with E-state index in [1.165, 1.54) is 0 Å². The Bertz CT molecular complexity index is 384. The zero-order chi connectivity index (χ0) is 13.8. The first-order valence-electron chi connectivity index (χ1n) is 6.00. The molecule has 2 atom stereocenters. The molecule has 0 heterocycles. The third kappa shape index (κ3) is 4.37. The van der Waals surface area contributed by atoms with E-state index in [0.717, 1.165) is 0 Å². The van der Waals surface area contributed by atoms with Crippen molar-refractivity contribution in [1.29, 1.82) is 0 Å². The number of hydrogen-bond donors (Lipinski definition) is 2. The van der Waals surface area contributed by atoms with Crippen molar-refractivity contribution in [3.8, 4) is 5.75 Å². The molecule has 0 radical (unpaired) electrons. The largest absolute Gasteiger partial charge is 0.465 e. The monoisotopic (exact) mass is 251 g/mol. The molecular formula is C14H21NO3. The summed E-state index contributed by atoms with van der Waals surface area (Å²) in [5.74, 6) is -0.281. The van der Waals surface area contributed by atoms with E-state index in [2.05, 4.69) is 0 Å². The Kier molecular flexibility index (Phi) is 4.73. The van der Waals surface area contributed by atoms with Crippen LogP contribution in [0.15, 0.2) is 30.3 Å². The van der Waals surface area contributed by atoms with Crippen molar-refractivity contribution in [3.63, 3.8) is 0 Å². The lowest BCUT2D eigenvalue weighted by molar-refractivity contribution is -0.129. The molecule has 3 N–H and O–H groups in total. The predicted octanol–water partition coefficient (Wildman–Crippen LogP) is 1.92. The molecule has 1 rings (SSSR count). The molecule has 1 aromatic carbocycles. The van der Waals surface area contributed by atoms with E-state index in [1.807, 2.05) is 39.0 Å². The Balaban J connectivity index is 2.63. The summed E-state index contributed by atoms with van der Waals surface area (Å²) >= 11 is 0. The fraction of sp³-hybridized carbons (Fsp3) is 0.500. The smallest absolute Gasteiger partial charge is 0.221 e.